The molecule has 0 saturated heterocycles. The highest BCUT2D eigenvalue weighted by Gasteiger charge is 2.10. The fraction of sp³-hybridized carbons (Fsp3) is 0.150. The van der Waals surface area contributed by atoms with Crippen molar-refractivity contribution >= 4 is 11.3 Å². The first-order valence-corrected chi connectivity index (χ1v) is 8.70. The van der Waals surface area contributed by atoms with E-state index in [1.807, 2.05) is 18.2 Å². The number of hydrogen-bond donors (Lipinski definition) is 2. The standard InChI is InChI=1S/C20H18FN5O/c21-17-5-3-15(4-6-17)16-12-18(19-24-25-20(27)26(19)13-16)23-9-1-2-14-7-10-22-11-8-14/h3-8,10-13,23H,1-2,9H2,(H,25,27). The monoisotopic (exact) mass is 363 g/mol. The Labute approximate surface area is 154 Å². The van der Waals surface area contributed by atoms with Crippen LogP contribution in [0.5, 0.6) is 0 Å². The molecular formula is C20H18FN5O. The summed E-state index contributed by atoms with van der Waals surface area (Å²) in [6.45, 7) is 0.728. The molecule has 0 aliphatic carbocycles. The van der Waals surface area contributed by atoms with Crippen LogP contribution in [0.3, 0.4) is 0 Å². The van der Waals surface area contributed by atoms with E-state index in [2.05, 4.69) is 20.5 Å². The fourth-order valence-electron chi connectivity index (χ4n) is 3.01. The fourth-order valence-corrected chi connectivity index (χ4v) is 3.01. The third-order valence-electron chi connectivity index (χ3n) is 4.40. The number of nitrogens with zero attached hydrogens (tertiary/aromatic N) is 3. The maximum atomic E-state index is 13.2. The van der Waals surface area contributed by atoms with E-state index < -0.39 is 0 Å². The van der Waals surface area contributed by atoms with Crippen LogP contribution >= 0.6 is 0 Å². The van der Waals surface area contributed by atoms with Crippen molar-refractivity contribution in [1.29, 1.82) is 0 Å². The topological polar surface area (TPSA) is 75.1 Å². The van der Waals surface area contributed by atoms with Crippen LogP contribution in [0.2, 0.25) is 0 Å². The van der Waals surface area contributed by atoms with Gasteiger partial charge in [0.1, 0.15) is 5.82 Å². The van der Waals surface area contributed by atoms with Crippen LogP contribution in [0.1, 0.15) is 12.0 Å². The molecule has 4 rings (SSSR count). The van der Waals surface area contributed by atoms with Gasteiger partial charge in [-0.2, -0.15) is 5.10 Å². The van der Waals surface area contributed by atoms with Crippen molar-refractivity contribution in [3.63, 3.8) is 0 Å². The molecule has 27 heavy (non-hydrogen) atoms. The quantitative estimate of drug-likeness (QED) is 0.516. The third kappa shape index (κ3) is 3.72. The minimum Gasteiger partial charge on any atom is -0.382 e. The number of rotatable bonds is 6. The molecule has 0 fully saturated rings. The number of H-pyrrole nitrogens is 1. The van der Waals surface area contributed by atoms with Crippen LogP contribution in [0.15, 0.2) is 65.8 Å². The molecule has 0 aliphatic rings. The Morgan fingerprint density at radius 3 is 2.63 bits per heavy atom. The van der Waals surface area contributed by atoms with Gasteiger partial charge in [0, 0.05) is 30.7 Å². The predicted octanol–water partition coefficient (Wildman–Crippen LogP) is 3.27. The Morgan fingerprint density at radius 2 is 1.85 bits per heavy atom. The number of anilines is 1. The predicted molar refractivity (Wildman–Crippen MR) is 102 cm³/mol. The summed E-state index contributed by atoms with van der Waals surface area (Å²) in [6, 6.07) is 12.1. The summed E-state index contributed by atoms with van der Waals surface area (Å²) in [5.74, 6) is -0.297. The van der Waals surface area contributed by atoms with Crippen molar-refractivity contribution in [2.24, 2.45) is 0 Å². The van der Waals surface area contributed by atoms with Crippen LogP contribution in [0, 0.1) is 5.82 Å². The summed E-state index contributed by atoms with van der Waals surface area (Å²) in [5, 5.41) is 9.93. The van der Waals surface area contributed by atoms with Gasteiger partial charge in [-0.05, 0) is 54.3 Å². The number of pyridine rings is 2. The molecule has 0 atom stereocenters. The maximum absolute atomic E-state index is 13.2. The van der Waals surface area contributed by atoms with Crippen LogP contribution in [-0.2, 0) is 6.42 Å². The van der Waals surface area contributed by atoms with Crippen LogP contribution < -0.4 is 11.0 Å². The number of nitrogens with one attached hydrogen (secondary N) is 2. The molecule has 0 radical (unpaired) electrons. The van der Waals surface area contributed by atoms with Gasteiger partial charge in [0.05, 0.1) is 5.69 Å². The van der Waals surface area contributed by atoms with Gasteiger partial charge in [0.25, 0.3) is 0 Å². The molecule has 7 heteroatoms. The lowest BCUT2D eigenvalue weighted by Gasteiger charge is -2.10. The van der Waals surface area contributed by atoms with Gasteiger partial charge < -0.3 is 5.32 Å². The highest BCUT2D eigenvalue weighted by atomic mass is 19.1. The van der Waals surface area contributed by atoms with E-state index in [0.29, 0.717) is 5.65 Å². The van der Waals surface area contributed by atoms with Crippen molar-refractivity contribution < 1.29 is 4.39 Å². The Hall–Kier alpha value is -3.48. The van der Waals surface area contributed by atoms with Crippen molar-refractivity contribution in [1.82, 2.24) is 19.6 Å². The molecule has 0 amide bonds. The summed E-state index contributed by atoms with van der Waals surface area (Å²) in [5.41, 5.74) is 3.84. The second kappa shape index (κ2) is 7.41. The van der Waals surface area contributed by atoms with E-state index in [9.17, 15) is 9.18 Å². The number of hydrogen-bond acceptors (Lipinski definition) is 4. The third-order valence-corrected chi connectivity index (χ3v) is 4.40. The number of halogens is 1. The molecule has 3 heterocycles. The number of fused-ring (bicyclic) bond motifs is 1. The highest BCUT2D eigenvalue weighted by molar-refractivity contribution is 5.75. The van der Waals surface area contributed by atoms with Gasteiger partial charge in [0.15, 0.2) is 5.65 Å². The van der Waals surface area contributed by atoms with Crippen molar-refractivity contribution in [3.05, 3.63) is 82.9 Å². The van der Waals surface area contributed by atoms with E-state index >= 15 is 0 Å². The molecule has 0 aliphatic heterocycles. The second-order valence-electron chi connectivity index (χ2n) is 6.26. The Bertz CT molecular complexity index is 1100. The second-order valence-corrected chi connectivity index (χ2v) is 6.26. The van der Waals surface area contributed by atoms with E-state index in [1.165, 1.54) is 22.1 Å². The number of aromatic nitrogens is 4. The molecule has 0 unspecified atom stereocenters. The Kier molecular flexibility index (Phi) is 4.65. The van der Waals surface area contributed by atoms with Crippen molar-refractivity contribution in [2.75, 3.05) is 11.9 Å². The zero-order chi connectivity index (χ0) is 18.6. The minimum atomic E-state index is -0.311. The molecule has 4 aromatic rings. The molecule has 136 valence electrons. The smallest absolute Gasteiger partial charge is 0.347 e. The molecule has 1 aromatic carbocycles. The lowest BCUT2D eigenvalue weighted by Crippen LogP contribution is -2.11. The maximum Gasteiger partial charge on any atom is 0.347 e. The van der Waals surface area contributed by atoms with Gasteiger partial charge in [-0.3, -0.25) is 4.98 Å². The van der Waals surface area contributed by atoms with E-state index in [1.54, 1.807) is 30.7 Å². The first kappa shape index (κ1) is 17.0. The minimum absolute atomic E-state index is 0.297. The van der Waals surface area contributed by atoms with Crippen molar-refractivity contribution in [3.8, 4) is 11.1 Å². The Balaban J connectivity index is 1.57. The lowest BCUT2D eigenvalue weighted by atomic mass is 10.1. The first-order valence-electron chi connectivity index (χ1n) is 8.70. The summed E-state index contributed by atoms with van der Waals surface area (Å²) in [4.78, 5) is 16.1. The van der Waals surface area contributed by atoms with Crippen LogP contribution in [0.4, 0.5) is 10.1 Å². The molecule has 2 N–H and O–H groups in total. The normalized spacial score (nSPS) is 11.0. The Morgan fingerprint density at radius 1 is 1.07 bits per heavy atom. The van der Waals surface area contributed by atoms with Gasteiger partial charge in [0.2, 0.25) is 0 Å². The zero-order valence-corrected chi connectivity index (χ0v) is 14.5. The van der Waals surface area contributed by atoms with Crippen LogP contribution in [-0.4, -0.2) is 26.1 Å². The summed E-state index contributed by atoms with van der Waals surface area (Å²) in [7, 11) is 0. The molecule has 6 nitrogen and oxygen atoms in total. The van der Waals surface area contributed by atoms with Crippen molar-refractivity contribution in [2.45, 2.75) is 12.8 Å². The molecular weight excluding hydrogens is 345 g/mol. The summed E-state index contributed by atoms with van der Waals surface area (Å²) < 4.78 is 14.7. The zero-order valence-electron chi connectivity index (χ0n) is 14.5. The van der Waals surface area contributed by atoms with Gasteiger partial charge >= 0.3 is 5.69 Å². The average molecular weight is 363 g/mol. The molecule has 0 bridgehead atoms. The largest absolute Gasteiger partial charge is 0.382 e. The van der Waals surface area contributed by atoms with E-state index in [0.717, 1.165) is 36.2 Å². The highest BCUT2D eigenvalue weighted by Crippen LogP contribution is 2.25. The van der Waals surface area contributed by atoms with Gasteiger partial charge in [-0.1, -0.05) is 12.1 Å². The van der Waals surface area contributed by atoms with Gasteiger partial charge in [-0.25, -0.2) is 18.7 Å². The number of benzene rings is 1. The molecule has 0 saturated carbocycles. The summed E-state index contributed by atoms with van der Waals surface area (Å²) >= 11 is 0. The SMILES string of the molecule is O=c1[nH]nc2c(NCCCc3ccncc3)cc(-c3ccc(F)cc3)cn12. The average Bonchev–Trinajstić information content (AvgIpc) is 3.08. The summed E-state index contributed by atoms with van der Waals surface area (Å²) in [6.07, 6.45) is 7.13. The number of aromatic amines is 1. The lowest BCUT2D eigenvalue weighted by molar-refractivity contribution is 0.628. The van der Waals surface area contributed by atoms with Crippen LogP contribution in [0.25, 0.3) is 16.8 Å². The first-order chi connectivity index (χ1) is 13.2. The number of aryl methyl sites for hydroxylation is 1. The van der Waals surface area contributed by atoms with Gasteiger partial charge in [-0.15, -0.1) is 0 Å². The molecule has 0 spiro atoms. The molecule has 3 aromatic heterocycles. The van der Waals surface area contributed by atoms with E-state index in [4.69, 9.17) is 0 Å². The van der Waals surface area contributed by atoms with E-state index in [-0.39, 0.29) is 11.5 Å².